The fraction of sp³-hybridized carbons (Fsp3) is 1.00. The first-order valence-electron chi connectivity index (χ1n) is 11.8. The third-order valence-corrected chi connectivity index (χ3v) is 4.44. The Bertz CT molecular complexity index is 403. The molecule has 1 aliphatic heterocycles. The highest BCUT2D eigenvalue weighted by molar-refractivity contribution is 4.83. The average Bonchev–Trinajstić information content (AvgIpc) is 3.01. The van der Waals surface area contributed by atoms with Crippen molar-refractivity contribution in [3.63, 3.8) is 0 Å². The molecule has 1 rings (SSSR count). The highest BCUT2D eigenvalue weighted by Crippen LogP contribution is 2.24. The van der Waals surface area contributed by atoms with Crippen LogP contribution in [0.1, 0.15) is 69.2 Å². The van der Waals surface area contributed by atoms with Crippen molar-refractivity contribution in [1.29, 1.82) is 0 Å². The first-order chi connectivity index (χ1) is 14.5. The summed E-state index contributed by atoms with van der Waals surface area (Å²) in [5.74, 6) is 0.466. The number of hydrogen-bond donors (Lipinski definition) is 1. The monoisotopic (exact) mass is 450 g/mol. The van der Waals surface area contributed by atoms with E-state index in [0.29, 0.717) is 25.7 Å². The zero-order valence-corrected chi connectivity index (χ0v) is 21.6. The molecular weight excluding hydrogens is 400 g/mol. The van der Waals surface area contributed by atoms with Crippen LogP contribution >= 0.6 is 0 Å². The van der Waals surface area contributed by atoms with E-state index in [1.54, 1.807) is 0 Å². The third-order valence-electron chi connectivity index (χ3n) is 4.44. The van der Waals surface area contributed by atoms with Gasteiger partial charge in [0.05, 0.1) is 69.7 Å². The standard InChI is InChI=1S/C12H26O4.C12H24O3/c1-9(2)14-7-12(8-15-10(3)4)16-11(5)6-13;1-8(2)13-7-11-12(15-9(3)4)10(5)6-14-11/h9-13H,6-8H2,1-5H3;8-12H,6-7H2,1-5H3/t11-;10?,11-,12-/m01/s1. The summed E-state index contributed by atoms with van der Waals surface area (Å²) in [5.41, 5.74) is 0. The lowest BCUT2D eigenvalue weighted by Crippen LogP contribution is -2.35. The van der Waals surface area contributed by atoms with Crippen LogP contribution in [0.4, 0.5) is 0 Å². The second-order valence-electron chi connectivity index (χ2n) is 9.40. The lowest BCUT2D eigenvalue weighted by atomic mass is 10.0. The summed E-state index contributed by atoms with van der Waals surface area (Å²) in [6.45, 7) is 22.5. The summed E-state index contributed by atoms with van der Waals surface area (Å²) in [6.07, 6.45) is 0.839. The molecule has 0 aromatic carbocycles. The van der Waals surface area contributed by atoms with E-state index in [4.69, 9.17) is 33.5 Å². The minimum atomic E-state index is -0.184. The largest absolute Gasteiger partial charge is 0.394 e. The van der Waals surface area contributed by atoms with Gasteiger partial charge in [-0.15, -0.1) is 0 Å². The Morgan fingerprint density at radius 2 is 1.32 bits per heavy atom. The van der Waals surface area contributed by atoms with Gasteiger partial charge < -0.3 is 33.5 Å². The van der Waals surface area contributed by atoms with Gasteiger partial charge in [-0.1, -0.05) is 6.92 Å². The Morgan fingerprint density at radius 3 is 1.74 bits per heavy atom. The van der Waals surface area contributed by atoms with Crippen molar-refractivity contribution >= 4 is 0 Å². The van der Waals surface area contributed by atoms with Gasteiger partial charge in [0.25, 0.3) is 0 Å². The fourth-order valence-electron chi connectivity index (χ4n) is 2.90. The van der Waals surface area contributed by atoms with Crippen molar-refractivity contribution in [2.45, 2.75) is 118 Å². The van der Waals surface area contributed by atoms with Crippen LogP contribution in [0.5, 0.6) is 0 Å². The van der Waals surface area contributed by atoms with E-state index in [0.717, 1.165) is 6.61 Å². The van der Waals surface area contributed by atoms with Crippen LogP contribution in [0.25, 0.3) is 0 Å². The Hall–Kier alpha value is -0.280. The highest BCUT2D eigenvalue weighted by atomic mass is 16.6. The van der Waals surface area contributed by atoms with Crippen LogP contribution in [-0.4, -0.2) is 87.0 Å². The van der Waals surface area contributed by atoms with E-state index in [1.807, 2.05) is 48.5 Å². The number of aliphatic hydroxyl groups excluding tert-OH is 1. The second-order valence-corrected chi connectivity index (χ2v) is 9.40. The maximum atomic E-state index is 8.93. The topological polar surface area (TPSA) is 75.6 Å². The summed E-state index contributed by atoms with van der Waals surface area (Å²) in [7, 11) is 0. The summed E-state index contributed by atoms with van der Waals surface area (Å²) < 4.78 is 33.7. The molecule has 0 radical (unpaired) electrons. The van der Waals surface area contributed by atoms with Crippen molar-refractivity contribution in [2.24, 2.45) is 5.92 Å². The number of hydrogen-bond acceptors (Lipinski definition) is 7. The molecule has 0 amide bonds. The third kappa shape index (κ3) is 16.1. The SMILES string of the molecule is CC(C)OCC(COC(C)C)O[C@@H](C)CO.CC(C)OC[C@H]1OCC(C)[C@H]1OC(C)C. The Morgan fingerprint density at radius 1 is 0.806 bits per heavy atom. The predicted molar refractivity (Wildman–Crippen MR) is 124 cm³/mol. The Kier molecular flexibility index (Phi) is 17.1. The fourth-order valence-corrected chi connectivity index (χ4v) is 2.90. The Labute approximate surface area is 191 Å². The summed E-state index contributed by atoms with van der Waals surface area (Å²) in [4.78, 5) is 0. The molecule has 188 valence electrons. The van der Waals surface area contributed by atoms with Crippen molar-refractivity contribution in [3.05, 3.63) is 0 Å². The molecule has 0 aliphatic carbocycles. The van der Waals surface area contributed by atoms with Gasteiger partial charge in [0, 0.05) is 5.92 Å². The quantitative estimate of drug-likeness (QED) is 0.431. The number of rotatable bonds is 14. The maximum Gasteiger partial charge on any atom is 0.107 e. The maximum absolute atomic E-state index is 8.93. The first kappa shape index (κ1) is 30.7. The van der Waals surface area contributed by atoms with Gasteiger partial charge in [0.1, 0.15) is 12.2 Å². The molecule has 1 aliphatic rings. The van der Waals surface area contributed by atoms with Crippen LogP contribution in [0, 0.1) is 5.92 Å². The summed E-state index contributed by atoms with van der Waals surface area (Å²) >= 11 is 0. The lowest BCUT2D eigenvalue weighted by Gasteiger charge is -2.24. The van der Waals surface area contributed by atoms with Crippen LogP contribution < -0.4 is 0 Å². The van der Waals surface area contributed by atoms with Gasteiger partial charge in [-0.2, -0.15) is 0 Å². The molecule has 1 saturated heterocycles. The summed E-state index contributed by atoms with van der Waals surface area (Å²) in [5, 5.41) is 8.93. The second kappa shape index (κ2) is 17.2. The van der Waals surface area contributed by atoms with Crippen molar-refractivity contribution in [1.82, 2.24) is 0 Å². The predicted octanol–water partition coefficient (Wildman–Crippen LogP) is 3.84. The smallest absolute Gasteiger partial charge is 0.107 e. The van der Waals surface area contributed by atoms with Crippen molar-refractivity contribution in [2.75, 3.05) is 33.0 Å². The molecule has 7 heteroatoms. The summed E-state index contributed by atoms with van der Waals surface area (Å²) in [6, 6.07) is 0. The number of aliphatic hydroxyl groups is 1. The zero-order valence-electron chi connectivity index (χ0n) is 21.6. The molecule has 1 heterocycles. The zero-order chi connectivity index (χ0) is 24.0. The van der Waals surface area contributed by atoms with E-state index in [1.165, 1.54) is 0 Å². The molecule has 0 aromatic heterocycles. The van der Waals surface area contributed by atoms with E-state index in [2.05, 4.69) is 20.8 Å². The molecule has 0 saturated carbocycles. The normalized spacial score (nSPS) is 22.6. The molecule has 1 unspecified atom stereocenters. The highest BCUT2D eigenvalue weighted by Gasteiger charge is 2.36. The van der Waals surface area contributed by atoms with Crippen LogP contribution in [-0.2, 0) is 28.4 Å². The molecule has 0 spiro atoms. The molecule has 1 N–H and O–H groups in total. The van der Waals surface area contributed by atoms with E-state index in [9.17, 15) is 0 Å². The van der Waals surface area contributed by atoms with Gasteiger partial charge in [0.15, 0.2) is 0 Å². The Balaban J connectivity index is 0.000000581. The van der Waals surface area contributed by atoms with Gasteiger partial charge in [-0.05, 0) is 62.3 Å². The van der Waals surface area contributed by atoms with Gasteiger partial charge in [0.2, 0.25) is 0 Å². The molecule has 0 aromatic rings. The lowest BCUT2D eigenvalue weighted by molar-refractivity contribution is -0.112. The molecule has 4 atom stereocenters. The molecule has 31 heavy (non-hydrogen) atoms. The van der Waals surface area contributed by atoms with E-state index >= 15 is 0 Å². The molecule has 0 bridgehead atoms. The van der Waals surface area contributed by atoms with E-state index in [-0.39, 0.29) is 55.4 Å². The minimum absolute atomic E-state index is 0.0137. The first-order valence-corrected chi connectivity index (χ1v) is 11.8. The molecule has 7 nitrogen and oxygen atoms in total. The minimum Gasteiger partial charge on any atom is -0.394 e. The average molecular weight is 451 g/mol. The molecule has 1 fully saturated rings. The van der Waals surface area contributed by atoms with Crippen molar-refractivity contribution in [3.8, 4) is 0 Å². The van der Waals surface area contributed by atoms with Crippen LogP contribution in [0.3, 0.4) is 0 Å². The van der Waals surface area contributed by atoms with E-state index < -0.39 is 0 Å². The van der Waals surface area contributed by atoms with Crippen LogP contribution in [0.2, 0.25) is 0 Å². The molecular formula is C24H50O7. The van der Waals surface area contributed by atoms with Crippen LogP contribution in [0.15, 0.2) is 0 Å². The van der Waals surface area contributed by atoms with Gasteiger partial charge in [-0.3, -0.25) is 0 Å². The number of ether oxygens (including phenoxy) is 6. The van der Waals surface area contributed by atoms with Gasteiger partial charge >= 0.3 is 0 Å². The van der Waals surface area contributed by atoms with Gasteiger partial charge in [-0.25, -0.2) is 0 Å². The van der Waals surface area contributed by atoms with Crippen molar-refractivity contribution < 1.29 is 33.5 Å².